The summed E-state index contributed by atoms with van der Waals surface area (Å²) in [6.45, 7) is 1.09. The van der Waals surface area contributed by atoms with E-state index in [0.717, 1.165) is 12.0 Å². The first-order chi connectivity index (χ1) is 8.78. The van der Waals surface area contributed by atoms with Crippen LogP contribution >= 0.6 is 0 Å². The SMILES string of the molecule is NCCc1ccc(COc2cccc(F)c2)cc1. The highest BCUT2D eigenvalue weighted by atomic mass is 19.1. The Kier molecular flexibility index (Phi) is 4.31. The zero-order valence-electron chi connectivity index (χ0n) is 10.1. The number of halogens is 1. The zero-order chi connectivity index (χ0) is 12.8. The molecule has 0 spiro atoms. The Morgan fingerprint density at radius 3 is 2.39 bits per heavy atom. The third-order valence-electron chi connectivity index (χ3n) is 2.66. The molecule has 2 aromatic carbocycles. The Morgan fingerprint density at radius 1 is 1.00 bits per heavy atom. The molecule has 94 valence electrons. The van der Waals surface area contributed by atoms with Crippen LogP contribution in [0.25, 0.3) is 0 Å². The number of hydrogen-bond donors (Lipinski definition) is 1. The van der Waals surface area contributed by atoms with Crippen LogP contribution in [0.4, 0.5) is 4.39 Å². The smallest absolute Gasteiger partial charge is 0.126 e. The maximum atomic E-state index is 12.9. The molecule has 3 heteroatoms. The minimum absolute atomic E-state index is 0.286. The molecule has 2 aromatic rings. The van der Waals surface area contributed by atoms with Crippen LogP contribution in [0.5, 0.6) is 5.75 Å². The molecule has 2 nitrogen and oxygen atoms in total. The van der Waals surface area contributed by atoms with E-state index in [0.29, 0.717) is 18.9 Å². The third kappa shape index (κ3) is 3.57. The van der Waals surface area contributed by atoms with Crippen molar-refractivity contribution in [1.82, 2.24) is 0 Å². The molecule has 0 saturated carbocycles. The molecule has 0 radical (unpaired) electrons. The topological polar surface area (TPSA) is 35.2 Å². The maximum absolute atomic E-state index is 12.9. The molecule has 0 aliphatic carbocycles. The summed E-state index contributed by atoms with van der Waals surface area (Å²) in [6, 6.07) is 14.2. The van der Waals surface area contributed by atoms with Crippen molar-refractivity contribution in [3.05, 3.63) is 65.5 Å². The second kappa shape index (κ2) is 6.17. The van der Waals surface area contributed by atoms with Crippen LogP contribution in [0.15, 0.2) is 48.5 Å². The largest absolute Gasteiger partial charge is 0.489 e. The van der Waals surface area contributed by atoms with E-state index in [1.807, 2.05) is 24.3 Å². The van der Waals surface area contributed by atoms with Gasteiger partial charge in [-0.25, -0.2) is 4.39 Å². The summed E-state index contributed by atoms with van der Waals surface area (Å²) in [6.07, 6.45) is 0.880. The molecule has 0 aromatic heterocycles. The number of benzene rings is 2. The van der Waals surface area contributed by atoms with Gasteiger partial charge in [-0.15, -0.1) is 0 Å². The number of rotatable bonds is 5. The van der Waals surface area contributed by atoms with Crippen molar-refractivity contribution < 1.29 is 9.13 Å². The van der Waals surface area contributed by atoms with Gasteiger partial charge in [0.2, 0.25) is 0 Å². The van der Waals surface area contributed by atoms with Crippen LogP contribution in [0.1, 0.15) is 11.1 Å². The number of nitrogens with two attached hydrogens (primary N) is 1. The fourth-order valence-electron chi connectivity index (χ4n) is 1.69. The molecule has 0 bridgehead atoms. The van der Waals surface area contributed by atoms with E-state index in [-0.39, 0.29) is 5.82 Å². The normalized spacial score (nSPS) is 10.3. The summed E-state index contributed by atoms with van der Waals surface area (Å²) in [5.41, 5.74) is 7.76. The van der Waals surface area contributed by atoms with Gasteiger partial charge in [0.1, 0.15) is 18.2 Å². The Bertz CT molecular complexity index is 496. The molecular formula is C15H16FNO. The molecule has 2 N–H and O–H groups in total. The quantitative estimate of drug-likeness (QED) is 0.879. The highest BCUT2D eigenvalue weighted by Crippen LogP contribution is 2.14. The van der Waals surface area contributed by atoms with Gasteiger partial charge < -0.3 is 10.5 Å². The summed E-state index contributed by atoms with van der Waals surface area (Å²) >= 11 is 0. The Morgan fingerprint density at radius 2 is 1.72 bits per heavy atom. The van der Waals surface area contributed by atoms with Crippen molar-refractivity contribution in [3.63, 3.8) is 0 Å². The summed E-state index contributed by atoms with van der Waals surface area (Å²) in [5.74, 6) is 0.256. The minimum Gasteiger partial charge on any atom is -0.489 e. The van der Waals surface area contributed by atoms with E-state index in [4.69, 9.17) is 10.5 Å². The van der Waals surface area contributed by atoms with E-state index in [9.17, 15) is 4.39 Å². The van der Waals surface area contributed by atoms with Crippen LogP contribution in [0.3, 0.4) is 0 Å². The van der Waals surface area contributed by atoms with Crippen LogP contribution in [0, 0.1) is 5.82 Å². The zero-order valence-corrected chi connectivity index (χ0v) is 10.1. The predicted octanol–water partition coefficient (Wildman–Crippen LogP) is 2.91. The first kappa shape index (κ1) is 12.6. The van der Waals surface area contributed by atoms with Gasteiger partial charge in [0.05, 0.1) is 0 Å². The molecule has 0 fully saturated rings. The fourth-order valence-corrected chi connectivity index (χ4v) is 1.69. The first-order valence-electron chi connectivity index (χ1n) is 5.94. The van der Waals surface area contributed by atoms with Gasteiger partial charge in [0, 0.05) is 6.07 Å². The lowest BCUT2D eigenvalue weighted by Gasteiger charge is -2.07. The summed E-state index contributed by atoms with van der Waals surface area (Å²) in [5, 5.41) is 0. The number of ether oxygens (including phenoxy) is 1. The first-order valence-corrected chi connectivity index (χ1v) is 5.94. The average Bonchev–Trinajstić information content (AvgIpc) is 2.38. The minimum atomic E-state index is -0.286. The van der Waals surface area contributed by atoms with Crippen molar-refractivity contribution in [2.75, 3.05) is 6.54 Å². The molecule has 0 heterocycles. The molecule has 18 heavy (non-hydrogen) atoms. The fraction of sp³-hybridized carbons (Fsp3) is 0.200. The lowest BCUT2D eigenvalue weighted by atomic mass is 10.1. The van der Waals surface area contributed by atoms with E-state index in [1.54, 1.807) is 12.1 Å². The van der Waals surface area contributed by atoms with Crippen molar-refractivity contribution >= 4 is 0 Å². The van der Waals surface area contributed by atoms with Crippen molar-refractivity contribution in [3.8, 4) is 5.75 Å². The number of hydrogen-bond acceptors (Lipinski definition) is 2. The van der Waals surface area contributed by atoms with E-state index >= 15 is 0 Å². The highest BCUT2D eigenvalue weighted by Gasteiger charge is 1.98. The molecule has 0 atom stereocenters. The Balaban J connectivity index is 1.93. The van der Waals surface area contributed by atoms with Gasteiger partial charge in [-0.3, -0.25) is 0 Å². The monoisotopic (exact) mass is 245 g/mol. The van der Waals surface area contributed by atoms with Gasteiger partial charge in [-0.2, -0.15) is 0 Å². The second-order valence-corrected chi connectivity index (χ2v) is 4.10. The standard InChI is InChI=1S/C15H16FNO/c16-14-2-1-3-15(10-14)18-11-13-6-4-12(5-7-13)8-9-17/h1-7,10H,8-9,11,17H2. The molecule has 2 rings (SSSR count). The van der Waals surface area contributed by atoms with Crippen molar-refractivity contribution in [2.45, 2.75) is 13.0 Å². The average molecular weight is 245 g/mol. The molecule has 0 unspecified atom stereocenters. The van der Waals surface area contributed by atoms with Crippen LogP contribution < -0.4 is 10.5 Å². The van der Waals surface area contributed by atoms with Crippen molar-refractivity contribution in [2.24, 2.45) is 5.73 Å². The lowest BCUT2D eigenvalue weighted by Crippen LogP contribution is -2.03. The Hall–Kier alpha value is -1.87. The third-order valence-corrected chi connectivity index (χ3v) is 2.66. The van der Waals surface area contributed by atoms with E-state index in [1.165, 1.54) is 17.7 Å². The second-order valence-electron chi connectivity index (χ2n) is 4.10. The van der Waals surface area contributed by atoms with Gasteiger partial charge in [0.15, 0.2) is 0 Å². The van der Waals surface area contributed by atoms with Gasteiger partial charge in [0.25, 0.3) is 0 Å². The van der Waals surface area contributed by atoms with Crippen LogP contribution in [-0.2, 0) is 13.0 Å². The van der Waals surface area contributed by atoms with E-state index in [2.05, 4.69) is 0 Å². The van der Waals surface area contributed by atoms with Crippen molar-refractivity contribution in [1.29, 1.82) is 0 Å². The predicted molar refractivity (Wildman–Crippen MR) is 69.9 cm³/mol. The van der Waals surface area contributed by atoms with Gasteiger partial charge in [-0.1, -0.05) is 30.3 Å². The highest BCUT2D eigenvalue weighted by molar-refractivity contribution is 5.25. The van der Waals surface area contributed by atoms with Gasteiger partial charge in [-0.05, 0) is 36.2 Å². The summed E-state index contributed by atoms with van der Waals surface area (Å²) < 4.78 is 18.4. The van der Waals surface area contributed by atoms with Crippen LogP contribution in [-0.4, -0.2) is 6.54 Å². The molecule has 0 aliphatic heterocycles. The molecular weight excluding hydrogens is 229 g/mol. The molecule has 0 amide bonds. The molecule has 0 aliphatic rings. The van der Waals surface area contributed by atoms with Crippen LogP contribution in [0.2, 0.25) is 0 Å². The lowest BCUT2D eigenvalue weighted by molar-refractivity contribution is 0.304. The Labute approximate surface area is 106 Å². The summed E-state index contributed by atoms with van der Waals surface area (Å²) in [4.78, 5) is 0. The van der Waals surface area contributed by atoms with Gasteiger partial charge >= 0.3 is 0 Å². The summed E-state index contributed by atoms with van der Waals surface area (Å²) in [7, 11) is 0. The molecule has 0 saturated heterocycles. The van der Waals surface area contributed by atoms with E-state index < -0.39 is 0 Å². The maximum Gasteiger partial charge on any atom is 0.126 e.